The van der Waals surface area contributed by atoms with Crippen LogP contribution in [0.4, 0.5) is 15.8 Å². The highest BCUT2D eigenvalue weighted by Crippen LogP contribution is 2.34. The van der Waals surface area contributed by atoms with Crippen LogP contribution in [0.1, 0.15) is 34.9 Å². The Morgan fingerprint density at radius 2 is 1.89 bits per heavy atom. The maximum absolute atomic E-state index is 13.7. The number of rotatable bonds is 6. The number of halogens is 1. The molecule has 1 aliphatic rings. The molecule has 2 amide bonds. The summed E-state index contributed by atoms with van der Waals surface area (Å²) in [6.45, 7) is 0.358. The van der Waals surface area contributed by atoms with Crippen molar-refractivity contribution >= 4 is 34.1 Å². The molecule has 178 valence electrons. The standard InChI is InChI=1S/C28H27FN4O2/c1-33(2)19-10-7-17(8-11-19)23(24-16-30-25-6-4-3-5-20(24)25)15-31-28(35)22-14-27(34)32-26-13-18(29)9-12-21(22)26/h3-13,16,22-23,30H,14-15H2,1-2H3,(H,31,35)(H,32,34). The third-order valence-corrected chi connectivity index (χ3v) is 6.66. The van der Waals surface area contributed by atoms with Crippen molar-refractivity contribution in [1.82, 2.24) is 10.3 Å². The lowest BCUT2D eigenvalue weighted by atomic mass is 9.88. The van der Waals surface area contributed by atoms with E-state index < -0.39 is 11.7 Å². The van der Waals surface area contributed by atoms with E-state index in [9.17, 15) is 14.0 Å². The van der Waals surface area contributed by atoms with Crippen molar-refractivity contribution in [1.29, 1.82) is 0 Å². The van der Waals surface area contributed by atoms with Gasteiger partial charge in [0.05, 0.1) is 5.92 Å². The van der Waals surface area contributed by atoms with Gasteiger partial charge in [0.15, 0.2) is 0 Å². The van der Waals surface area contributed by atoms with Crippen LogP contribution in [-0.4, -0.2) is 37.4 Å². The van der Waals surface area contributed by atoms with E-state index in [1.54, 1.807) is 6.07 Å². The number of anilines is 2. The molecule has 35 heavy (non-hydrogen) atoms. The summed E-state index contributed by atoms with van der Waals surface area (Å²) in [6.07, 6.45) is 2.02. The van der Waals surface area contributed by atoms with Crippen LogP contribution >= 0.6 is 0 Å². The third kappa shape index (κ3) is 4.49. The first kappa shape index (κ1) is 22.7. The first-order chi connectivity index (χ1) is 16.9. The first-order valence-corrected chi connectivity index (χ1v) is 11.6. The average Bonchev–Trinajstić information content (AvgIpc) is 3.27. The molecule has 6 nitrogen and oxygen atoms in total. The van der Waals surface area contributed by atoms with Crippen molar-refractivity contribution in [2.24, 2.45) is 0 Å². The van der Waals surface area contributed by atoms with Crippen molar-refractivity contribution in [2.75, 3.05) is 30.9 Å². The van der Waals surface area contributed by atoms with Crippen molar-refractivity contribution in [3.05, 3.63) is 95.4 Å². The number of hydrogen-bond donors (Lipinski definition) is 3. The number of amides is 2. The van der Waals surface area contributed by atoms with Crippen molar-refractivity contribution in [3.63, 3.8) is 0 Å². The Labute approximate surface area is 203 Å². The van der Waals surface area contributed by atoms with Gasteiger partial charge in [-0.05, 0) is 47.0 Å². The Balaban J connectivity index is 1.44. The molecule has 0 radical (unpaired) electrons. The lowest BCUT2D eigenvalue weighted by Crippen LogP contribution is -2.37. The van der Waals surface area contributed by atoms with Gasteiger partial charge in [0.2, 0.25) is 11.8 Å². The summed E-state index contributed by atoms with van der Waals surface area (Å²) in [6, 6.07) is 20.5. The van der Waals surface area contributed by atoms with Crippen LogP contribution in [0.5, 0.6) is 0 Å². The van der Waals surface area contributed by atoms with Gasteiger partial charge in [0.25, 0.3) is 0 Å². The molecule has 0 spiro atoms. The Morgan fingerprint density at radius 1 is 1.11 bits per heavy atom. The number of hydrogen-bond acceptors (Lipinski definition) is 3. The molecule has 3 aromatic carbocycles. The molecule has 0 saturated heterocycles. The number of fused-ring (bicyclic) bond motifs is 2. The van der Waals surface area contributed by atoms with Crippen molar-refractivity contribution in [3.8, 4) is 0 Å². The number of para-hydroxylation sites is 1. The molecule has 2 unspecified atom stereocenters. The van der Waals surface area contributed by atoms with Gasteiger partial charge in [-0.15, -0.1) is 0 Å². The Kier molecular flexibility index (Phi) is 5.99. The largest absolute Gasteiger partial charge is 0.378 e. The van der Waals surface area contributed by atoms with Gasteiger partial charge in [-0.2, -0.15) is 0 Å². The topological polar surface area (TPSA) is 77.2 Å². The van der Waals surface area contributed by atoms with Gasteiger partial charge in [-0.3, -0.25) is 9.59 Å². The van der Waals surface area contributed by atoms with Crippen LogP contribution in [0.2, 0.25) is 0 Å². The maximum atomic E-state index is 13.7. The van der Waals surface area contributed by atoms with Gasteiger partial charge in [-0.1, -0.05) is 36.4 Å². The number of nitrogens with one attached hydrogen (secondary N) is 3. The zero-order valence-electron chi connectivity index (χ0n) is 19.6. The minimum absolute atomic E-state index is 0.0275. The molecule has 0 bridgehead atoms. The highest BCUT2D eigenvalue weighted by Gasteiger charge is 2.31. The highest BCUT2D eigenvalue weighted by molar-refractivity contribution is 6.01. The smallest absolute Gasteiger partial charge is 0.228 e. The summed E-state index contributed by atoms with van der Waals surface area (Å²) in [5.74, 6) is -1.76. The van der Waals surface area contributed by atoms with Crippen LogP contribution in [0.15, 0.2) is 72.9 Å². The van der Waals surface area contributed by atoms with E-state index in [4.69, 9.17) is 0 Å². The fourth-order valence-corrected chi connectivity index (χ4v) is 4.79. The molecule has 2 atom stereocenters. The number of carbonyl (C=O) groups excluding carboxylic acids is 2. The lowest BCUT2D eigenvalue weighted by molar-refractivity contribution is -0.126. The maximum Gasteiger partial charge on any atom is 0.228 e. The Bertz CT molecular complexity index is 1390. The summed E-state index contributed by atoms with van der Waals surface area (Å²) < 4.78 is 13.7. The van der Waals surface area contributed by atoms with Crippen molar-refractivity contribution in [2.45, 2.75) is 18.3 Å². The number of aromatic nitrogens is 1. The minimum Gasteiger partial charge on any atom is -0.378 e. The summed E-state index contributed by atoms with van der Waals surface area (Å²) in [5.41, 5.74) is 5.26. The third-order valence-electron chi connectivity index (χ3n) is 6.66. The first-order valence-electron chi connectivity index (χ1n) is 11.6. The molecule has 7 heteroatoms. The SMILES string of the molecule is CN(C)c1ccc(C(CNC(=O)C2CC(=O)Nc3cc(F)ccc32)c2c[nH]c3ccccc23)cc1. The molecule has 0 saturated carbocycles. The van der Waals surface area contributed by atoms with E-state index in [2.05, 4.69) is 45.9 Å². The fourth-order valence-electron chi connectivity index (χ4n) is 4.79. The number of H-pyrrole nitrogens is 1. The molecule has 0 aliphatic carbocycles. The second kappa shape index (κ2) is 9.25. The zero-order valence-corrected chi connectivity index (χ0v) is 19.6. The summed E-state index contributed by atoms with van der Waals surface area (Å²) in [4.78, 5) is 30.9. The van der Waals surface area contributed by atoms with Crippen LogP contribution in [-0.2, 0) is 9.59 Å². The average molecular weight is 471 g/mol. The van der Waals surface area contributed by atoms with Crippen LogP contribution < -0.4 is 15.5 Å². The molecular formula is C28H27FN4O2. The molecule has 3 N–H and O–H groups in total. The monoisotopic (exact) mass is 470 g/mol. The van der Waals surface area contributed by atoms with Gasteiger partial charge in [0.1, 0.15) is 5.82 Å². The summed E-state index contributed by atoms with van der Waals surface area (Å²) >= 11 is 0. The predicted molar refractivity (Wildman–Crippen MR) is 136 cm³/mol. The number of aromatic amines is 1. The van der Waals surface area contributed by atoms with Crippen LogP contribution in [0.25, 0.3) is 10.9 Å². The number of nitrogens with zero attached hydrogens (tertiary/aromatic N) is 1. The normalized spacial score (nSPS) is 15.9. The fraction of sp³-hybridized carbons (Fsp3) is 0.214. The summed E-state index contributed by atoms with van der Waals surface area (Å²) in [7, 11) is 3.99. The van der Waals surface area contributed by atoms with E-state index >= 15 is 0 Å². The van der Waals surface area contributed by atoms with Crippen LogP contribution in [0, 0.1) is 5.82 Å². The van der Waals surface area contributed by atoms with Gasteiger partial charge >= 0.3 is 0 Å². The molecule has 4 aromatic rings. The zero-order chi connectivity index (χ0) is 24.5. The van der Waals surface area contributed by atoms with Gasteiger partial charge in [-0.25, -0.2) is 4.39 Å². The quantitative estimate of drug-likeness (QED) is 0.381. The second-order valence-corrected chi connectivity index (χ2v) is 9.11. The molecule has 2 heterocycles. The van der Waals surface area contributed by atoms with Gasteiger partial charge < -0.3 is 20.5 Å². The van der Waals surface area contributed by atoms with E-state index in [-0.39, 0.29) is 24.2 Å². The lowest BCUT2D eigenvalue weighted by Gasteiger charge is -2.26. The van der Waals surface area contributed by atoms with Gasteiger partial charge in [0, 0.05) is 61.5 Å². The van der Waals surface area contributed by atoms with E-state index in [0.29, 0.717) is 17.8 Å². The van der Waals surface area contributed by atoms with E-state index in [1.165, 1.54) is 12.1 Å². The minimum atomic E-state index is -0.668. The Morgan fingerprint density at radius 3 is 2.66 bits per heavy atom. The van der Waals surface area contributed by atoms with E-state index in [1.807, 2.05) is 43.4 Å². The molecule has 1 aromatic heterocycles. The molecular weight excluding hydrogens is 443 g/mol. The molecule has 5 rings (SSSR count). The van der Waals surface area contributed by atoms with Crippen LogP contribution in [0.3, 0.4) is 0 Å². The molecule has 0 fully saturated rings. The van der Waals surface area contributed by atoms with Crippen molar-refractivity contribution < 1.29 is 14.0 Å². The predicted octanol–water partition coefficient (Wildman–Crippen LogP) is 4.75. The van der Waals surface area contributed by atoms with E-state index in [0.717, 1.165) is 27.7 Å². The highest BCUT2D eigenvalue weighted by atomic mass is 19.1. The molecule has 1 aliphatic heterocycles. The summed E-state index contributed by atoms with van der Waals surface area (Å²) in [5, 5.41) is 6.84. The number of benzene rings is 3. The second-order valence-electron chi connectivity index (χ2n) is 9.11. The number of carbonyl (C=O) groups is 2. The Hall–Kier alpha value is -4.13.